The van der Waals surface area contributed by atoms with Crippen molar-refractivity contribution in [2.45, 2.75) is 0 Å². The summed E-state index contributed by atoms with van der Waals surface area (Å²) in [6, 6.07) is 7.60. The molecule has 6 nitrogen and oxygen atoms in total. The summed E-state index contributed by atoms with van der Waals surface area (Å²) in [7, 11) is 1.63. The quantitative estimate of drug-likeness (QED) is 0.743. The van der Waals surface area contributed by atoms with E-state index in [1.807, 2.05) is 24.3 Å². The molecule has 100 valence electrons. The first-order valence-electron chi connectivity index (χ1n) is 5.95. The third kappa shape index (κ3) is 3.11. The monoisotopic (exact) mass is 259 g/mol. The van der Waals surface area contributed by atoms with E-state index in [4.69, 9.17) is 16.2 Å². The molecule has 1 aromatic carbocycles. The van der Waals surface area contributed by atoms with Crippen LogP contribution in [0.4, 0.5) is 11.6 Å². The Bertz CT molecular complexity index is 541. The average molecular weight is 259 g/mol. The van der Waals surface area contributed by atoms with E-state index in [1.165, 1.54) is 0 Å². The molecular weight excluding hydrogens is 242 g/mol. The van der Waals surface area contributed by atoms with E-state index in [-0.39, 0.29) is 5.95 Å². The number of nitrogens with zero attached hydrogens (tertiary/aromatic N) is 2. The average Bonchev–Trinajstić information content (AvgIpc) is 2.46. The largest absolute Gasteiger partial charge is 0.497 e. The molecule has 0 saturated carbocycles. The van der Waals surface area contributed by atoms with Gasteiger partial charge in [0.05, 0.1) is 24.7 Å². The number of benzene rings is 1. The number of aromatic nitrogens is 2. The van der Waals surface area contributed by atoms with E-state index >= 15 is 0 Å². The van der Waals surface area contributed by atoms with E-state index in [2.05, 4.69) is 15.3 Å². The minimum absolute atomic E-state index is 0.240. The van der Waals surface area contributed by atoms with Crippen molar-refractivity contribution in [2.75, 3.05) is 31.2 Å². The molecule has 2 aromatic rings. The van der Waals surface area contributed by atoms with Crippen molar-refractivity contribution in [1.82, 2.24) is 9.97 Å². The lowest BCUT2D eigenvalue weighted by molar-refractivity contribution is 0.415. The molecule has 0 amide bonds. The molecule has 0 saturated heterocycles. The lowest BCUT2D eigenvalue weighted by atomic mass is 10.1. The molecule has 5 N–H and O–H groups in total. The molecular formula is C13H17N5O. The first kappa shape index (κ1) is 13.1. The second-order valence-corrected chi connectivity index (χ2v) is 3.93. The van der Waals surface area contributed by atoms with Gasteiger partial charge in [0.2, 0.25) is 5.95 Å². The molecule has 1 heterocycles. The molecule has 6 heteroatoms. The van der Waals surface area contributed by atoms with Gasteiger partial charge in [-0.25, -0.2) is 9.97 Å². The van der Waals surface area contributed by atoms with Crippen LogP contribution < -0.4 is 21.5 Å². The topological polar surface area (TPSA) is 99.1 Å². The molecule has 0 atom stereocenters. The molecule has 2 rings (SSSR count). The molecule has 0 aliphatic heterocycles. The Kier molecular flexibility index (Phi) is 4.15. The number of anilines is 2. The van der Waals surface area contributed by atoms with Gasteiger partial charge in [-0.3, -0.25) is 0 Å². The van der Waals surface area contributed by atoms with Crippen molar-refractivity contribution < 1.29 is 4.74 Å². The van der Waals surface area contributed by atoms with Gasteiger partial charge in [-0.15, -0.1) is 0 Å². The number of nitrogens with one attached hydrogen (secondary N) is 1. The number of nitrogens with two attached hydrogens (primary N) is 2. The lowest BCUT2D eigenvalue weighted by Gasteiger charge is -2.11. The first-order valence-corrected chi connectivity index (χ1v) is 5.95. The third-order valence-corrected chi connectivity index (χ3v) is 2.63. The summed E-state index contributed by atoms with van der Waals surface area (Å²) in [4.78, 5) is 8.26. The minimum Gasteiger partial charge on any atom is -0.497 e. The van der Waals surface area contributed by atoms with Gasteiger partial charge in [0.1, 0.15) is 5.75 Å². The molecule has 0 aliphatic rings. The van der Waals surface area contributed by atoms with Crippen LogP contribution in [0.3, 0.4) is 0 Å². The van der Waals surface area contributed by atoms with Crippen LogP contribution in [-0.4, -0.2) is 30.2 Å². The maximum Gasteiger partial charge on any atom is 0.220 e. The fraction of sp³-hybridized carbons (Fsp3) is 0.231. The molecule has 0 radical (unpaired) electrons. The van der Waals surface area contributed by atoms with E-state index in [1.54, 1.807) is 13.3 Å². The van der Waals surface area contributed by atoms with E-state index in [0.717, 1.165) is 22.7 Å². The maximum absolute atomic E-state index is 5.65. The Balaban J connectivity index is 2.37. The SMILES string of the molecule is COc1ccc(-c2nc(N)ncc2NCCN)cc1. The van der Waals surface area contributed by atoms with Gasteiger partial charge in [0.15, 0.2) is 0 Å². The van der Waals surface area contributed by atoms with Crippen LogP contribution in [0.5, 0.6) is 5.75 Å². The van der Waals surface area contributed by atoms with Crippen molar-refractivity contribution in [3.63, 3.8) is 0 Å². The van der Waals surface area contributed by atoms with Gasteiger partial charge in [-0.2, -0.15) is 0 Å². The normalized spacial score (nSPS) is 10.2. The minimum atomic E-state index is 0.240. The van der Waals surface area contributed by atoms with Crippen LogP contribution in [0.2, 0.25) is 0 Å². The summed E-state index contributed by atoms with van der Waals surface area (Å²) in [5, 5.41) is 3.18. The number of methoxy groups -OCH3 is 1. The van der Waals surface area contributed by atoms with E-state index in [9.17, 15) is 0 Å². The van der Waals surface area contributed by atoms with Gasteiger partial charge in [0.25, 0.3) is 0 Å². The molecule has 19 heavy (non-hydrogen) atoms. The fourth-order valence-corrected chi connectivity index (χ4v) is 1.70. The molecule has 0 spiro atoms. The molecule has 0 aliphatic carbocycles. The highest BCUT2D eigenvalue weighted by Gasteiger charge is 2.08. The molecule has 0 bridgehead atoms. The van der Waals surface area contributed by atoms with Gasteiger partial charge in [0, 0.05) is 18.7 Å². The Morgan fingerprint density at radius 1 is 1.26 bits per heavy atom. The first-order chi connectivity index (χ1) is 9.24. The Labute approximate surface area is 111 Å². The van der Waals surface area contributed by atoms with Crippen molar-refractivity contribution >= 4 is 11.6 Å². The van der Waals surface area contributed by atoms with Crippen LogP contribution in [0, 0.1) is 0 Å². The standard InChI is InChI=1S/C13H17N5O/c1-19-10-4-2-9(3-5-10)12-11(16-7-6-14)8-17-13(15)18-12/h2-5,8,16H,6-7,14H2,1H3,(H2,15,17,18). The summed E-state index contributed by atoms with van der Waals surface area (Å²) in [5.74, 6) is 1.03. The fourth-order valence-electron chi connectivity index (χ4n) is 1.70. The number of nitrogen functional groups attached to an aromatic ring is 1. The van der Waals surface area contributed by atoms with Crippen LogP contribution in [0.25, 0.3) is 11.3 Å². The highest BCUT2D eigenvalue weighted by atomic mass is 16.5. The van der Waals surface area contributed by atoms with Crippen LogP contribution >= 0.6 is 0 Å². The van der Waals surface area contributed by atoms with Gasteiger partial charge in [-0.1, -0.05) is 0 Å². The molecule has 0 unspecified atom stereocenters. The second kappa shape index (κ2) is 6.01. The van der Waals surface area contributed by atoms with Crippen molar-refractivity contribution in [3.05, 3.63) is 30.5 Å². The highest BCUT2D eigenvalue weighted by molar-refractivity contribution is 5.74. The number of ether oxygens (including phenoxy) is 1. The Morgan fingerprint density at radius 2 is 2.00 bits per heavy atom. The lowest BCUT2D eigenvalue weighted by Crippen LogP contribution is -2.14. The van der Waals surface area contributed by atoms with Crippen LogP contribution in [0.15, 0.2) is 30.5 Å². The summed E-state index contributed by atoms with van der Waals surface area (Å²) in [6.07, 6.45) is 1.66. The Hall–Kier alpha value is -2.34. The number of rotatable bonds is 5. The van der Waals surface area contributed by atoms with Crippen LogP contribution in [0.1, 0.15) is 0 Å². The van der Waals surface area contributed by atoms with Crippen molar-refractivity contribution in [3.8, 4) is 17.0 Å². The predicted molar refractivity (Wildman–Crippen MR) is 76.0 cm³/mol. The van der Waals surface area contributed by atoms with Crippen molar-refractivity contribution in [2.24, 2.45) is 5.73 Å². The second-order valence-electron chi connectivity index (χ2n) is 3.93. The van der Waals surface area contributed by atoms with E-state index < -0.39 is 0 Å². The summed E-state index contributed by atoms with van der Waals surface area (Å²) in [5.41, 5.74) is 13.6. The summed E-state index contributed by atoms with van der Waals surface area (Å²) in [6.45, 7) is 1.18. The highest BCUT2D eigenvalue weighted by Crippen LogP contribution is 2.27. The summed E-state index contributed by atoms with van der Waals surface area (Å²) >= 11 is 0. The zero-order chi connectivity index (χ0) is 13.7. The zero-order valence-electron chi connectivity index (χ0n) is 10.8. The molecule has 1 aromatic heterocycles. The zero-order valence-corrected chi connectivity index (χ0v) is 10.8. The smallest absolute Gasteiger partial charge is 0.220 e. The number of hydrogen-bond acceptors (Lipinski definition) is 6. The molecule has 0 fully saturated rings. The number of hydrogen-bond donors (Lipinski definition) is 3. The Morgan fingerprint density at radius 3 is 2.63 bits per heavy atom. The third-order valence-electron chi connectivity index (χ3n) is 2.63. The van der Waals surface area contributed by atoms with E-state index in [0.29, 0.717) is 13.1 Å². The summed E-state index contributed by atoms with van der Waals surface area (Å²) < 4.78 is 5.13. The van der Waals surface area contributed by atoms with Gasteiger partial charge >= 0.3 is 0 Å². The predicted octanol–water partition coefficient (Wildman–Crippen LogP) is 1.10. The van der Waals surface area contributed by atoms with Crippen molar-refractivity contribution in [1.29, 1.82) is 0 Å². The maximum atomic E-state index is 5.65. The van der Waals surface area contributed by atoms with Crippen LogP contribution in [-0.2, 0) is 0 Å². The van der Waals surface area contributed by atoms with Gasteiger partial charge in [-0.05, 0) is 24.3 Å². The van der Waals surface area contributed by atoms with Gasteiger partial charge < -0.3 is 21.5 Å².